The number of fused-ring (bicyclic) bond motifs is 1. The molecule has 1 aromatic heterocycles. The lowest BCUT2D eigenvalue weighted by atomic mass is 9.95. The highest BCUT2D eigenvalue weighted by molar-refractivity contribution is 5.82. The summed E-state index contributed by atoms with van der Waals surface area (Å²) in [6, 6.07) is 8.14. The average Bonchev–Trinajstić information content (AvgIpc) is 2.66. The van der Waals surface area contributed by atoms with Crippen molar-refractivity contribution in [3.8, 4) is 0 Å². The Morgan fingerprint density at radius 2 is 2.12 bits per heavy atom. The number of rotatable bonds is 1. The van der Waals surface area contributed by atoms with Crippen LogP contribution in [0.2, 0.25) is 0 Å². The topological polar surface area (TPSA) is 48.4 Å². The lowest BCUT2D eigenvalue weighted by Gasteiger charge is -2.29. The van der Waals surface area contributed by atoms with E-state index in [1.165, 1.54) is 0 Å². The van der Waals surface area contributed by atoms with E-state index in [9.17, 15) is 0 Å². The van der Waals surface area contributed by atoms with Gasteiger partial charge in [0.2, 0.25) is 0 Å². The fourth-order valence-corrected chi connectivity index (χ4v) is 2.64. The molecular formula is C14H17NO2. The van der Waals surface area contributed by atoms with Crippen LogP contribution >= 0.6 is 0 Å². The Morgan fingerprint density at radius 3 is 2.94 bits per heavy atom. The van der Waals surface area contributed by atoms with E-state index in [-0.39, 0.29) is 12.1 Å². The van der Waals surface area contributed by atoms with Gasteiger partial charge in [0.25, 0.3) is 0 Å². The zero-order valence-corrected chi connectivity index (χ0v) is 9.98. The van der Waals surface area contributed by atoms with E-state index in [1.807, 2.05) is 25.1 Å². The number of hydrogen-bond donors (Lipinski definition) is 1. The number of hydrogen-bond acceptors (Lipinski definition) is 3. The van der Waals surface area contributed by atoms with Crippen LogP contribution in [-0.2, 0) is 4.74 Å². The Balaban J connectivity index is 2.12. The molecule has 17 heavy (non-hydrogen) atoms. The Bertz CT molecular complexity index is 532. The third-order valence-corrected chi connectivity index (χ3v) is 3.47. The summed E-state index contributed by atoms with van der Waals surface area (Å²) in [6.07, 6.45) is 2.04. The number of benzene rings is 1. The van der Waals surface area contributed by atoms with Crippen molar-refractivity contribution in [1.82, 2.24) is 0 Å². The molecule has 2 atom stereocenters. The van der Waals surface area contributed by atoms with Gasteiger partial charge in [0.15, 0.2) is 0 Å². The third kappa shape index (κ3) is 1.75. The summed E-state index contributed by atoms with van der Waals surface area (Å²) in [6.45, 7) is 2.78. The third-order valence-electron chi connectivity index (χ3n) is 3.47. The van der Waals surface area contributed by atoms with Gasteiger partial charge in [-0.2, -0.15) is 0 Å². The molecule has 2 aromatic rings. The maximum atomic E-state index is 6.16. The second-order valence-corrected chi connectivity index (χ2v) is 4.67. The van der Waals surface area contributed by atoms with Gasteiger partial charge in [0.1, 0.15) is 17.4 Å². The summed E-state index contributed by atoms with van der Waals surface area (Å²) < 4.78 is 11.6. The Hall–Kier alpha value is -1.32. The molecule has 2 heterocycles. The summed E-state index contributed by atoms with van der Waals surface area (Å²) in [7, 11) is 0. The lowest BCUT2D eigenvalue weighted by molar-refractivity contribution is 0.000105. The number of ether oxygens (including phenoxy) is 1. The first-order valence-electron chi connectivity index (χ1n) is 6.12. The van der Waals surface area contributed by atoms with Gasteiger partial charge >= 0.3 is 0 Å². The van der Waals surface area contributed by atoms with Crippen LogP contribution in [0.3, 0.4) is 0 Å². The summed E-state index contributed by atoms with van der Waals surface area (Å²) in [4.78, 5) is 0. The Kier molecular flexibility index (Phi) is 2.65. The monoisotopic (exact) mass is 231 g/mol. The Labute approximate surface area is 101 Å². The van der Waals surface area contributed by atoms with E-state index in [2.05, 4.69) is 6.07 Å². The standard InChI is InChI=1S/C14H17NO2/c1-9-13(14-11(15)6-4-8-16-14)10-5-2-3-7-12(10)17-9/h2-3,5,7,11,14H,4,6,8,15H2,1H3. The molecule has 2 N–H and O–H groups in total. The summed E-state index contributed by atoms with van der Waals surface area (Å²) in [5, 5.41) is 1.13. The van der Waals surface area contributed by atoms with Gasteiger partial charge in [-0.15, -0.1) is 0 Å². The minimum atomic E-state index is -0.0209. The maximum Gasteiger partial charge on any atom is 0.134 e. The quantitative estimate of drug-likeness (QED) is 0.821. The van der Waals surface area contributed by atoms with Crippen LogP contribution in [0.5, 0.6) is 0 Å². The van der Waals surface area contributed by atoms with Crippen LogP contribution in [0.15, 0.2) is 28.7 Å². The second-order valence-electron chi connectivity index (χ2n) is 4.67. The Morgan fingerprint density at radius 1 is 1.29 bits per heavy atom. The molecule has 1 saturated heterocycles. The molecule has 90 valence electrons. The van der Waals surface area contributed by atoms with Crippen molar-refractivity contribution < 1.29 is 9.15 Å². The number of nitrogens with two attached hydrogens (primary N) is 1. The normalized spacial score (nSPS) is 25.3. The van der Waals surface area contributed by atoms with E-state index < -0.39 is 0 Å². The molecule has 0 radical (unpaired) electrons. The molecule has 3 heteroatoms. The van der Waals surface area contributed by atoms with Crippen LogP contribution in [0.4, 0.5) is 0 Å². The fraction of sp³-hybridized carbons (Fsp3) is 0.429. The van der Waals surface area contributed by atoms with Gasteiger partial charge < -0.3 is 14.9 Å². The SMILES string of the molecule is Cc1oc2ccccc2c1C1OCCCC1N. The molecule has 0 saturated carbocycles. The fourth-order valence-electron chi connectivity index (χ4n) is 2.64. The minimum Gasteiger partial charge on any atom is -0.461 e. The number of para-hydroxylation sites is 1. The average molecular weight is 231 g/mol. The molecule has 3 rings (SSSR count). The first kappa shape index (κ1) is 10.8. The van der Waals surface area contributed by atoms with Crippen molar-refractivity contribution >= 4 is 11.0 Å². The van der Waals surface area contributed by atoms with Crippen molar-refractivity contribution in [3.63, 3.8) is 0 Å². The summed E-state index contributed by atoms with van der Waals surface area (Å²) in [5.41, 5.74) is 8.21. The van der Waals surface area contributed by atoms with Gasteiger partial charge in [0, 0.05) is 23.6 Å². The zero-order valence-electron chi connectivity index (χ0n) is 9.98. The molecule has 0 amide bonds. The van der Waals surface area contributed by atoms with Crippen molar-refractivity contribution in [1.29, 1.82) is 0 Å². The summed E-state index contributed by atoms with van der Waals surface area (Å²) in [5.74, 6) is 0.925. The van der Waals surface area contributed by atoms with Crippen LogP contribution in [0.25, 0.3) is 11.0 Å². The molecule has 1 aromatic carbocycles. The molecule has 2 unspecified atom stereocenters. The van der Waals surface area contributed by atoms with Gasteiger partial charge in [-0.1, -0.05) is 18.2 Å². The van der Waals surface area contributed by atoms with Crippen molar-refractivity contribution in [2.75, 3.05) is 6.61 Å². The number of furan rings is 1. The molecule has 1 fully saturated rings. The molecule has 1 aliphatic heterocycles. The van der Waals surface area contributed by atoms with Crippen LogP contribution < -0.4 is 5.73 Å². The van der Waals surface area contributed by atoms with Crippen molar-refractivity contribution in [2.24, 2.45) is 5.73 Å². The van der Waals surface area contributed by atoms with Gasteiger partial charge in [0.05, 0.1) is 0 Å². The molecule has 1 aliphatic rings. The van der Waals surface area contributed by atoms with E-state index in [1.54, 1.807) is 0 Å². The van der Waals surface area contributed by atoms with Crippen LogP contribution in [0, 0.1) is 6.92 Å². The molecular weight excluding hydrogens is 214 g/mol. The van der Waals surface area contributed by atoms with Gasteiger partial charge in [-0.25, -0.2) is 0 Å². The highest BCUT2D eigenvalue weighted by Gasteiger charge is 2.29. The lowest BCUT2D eigenvalue weighted by Crippen LogP contribution is -2.34. The molecule has 3 nitrogen and oxygen atoms in total. The van der Waals surface area contributed by atoms with E-state index in [0.717, 1.165) is 41.7 Å². The highest BCUT2D eigenvalue weighted by Crippen LogP contribution is 2.36. The predicted molar refractivity (Wildman–Crippen MR) is 66.9 cm³/mol. The van der Waals surface area contributed by atoms with Gasteiger partial charge in [-0.3, -0.25) is 0 Å². The van der Waals surface area contributed by atoms with Crippen LogP contribution in [-0.4, -0.2) is 12.6 Å². The van der Waals surface area contributed by atoms with Gasteiger partial charge in [-0.05, 0) is 25.8 Å². The van der Waals surface area contributed by atoms with Crippen molar-refractivity contribution in [3.05, 3.63) is 35.6 Å². The smallest absolute Gasteiger partial charge is 0.134 e. The number of aryl methyl sites for hydroxylation is 1. The van der Waals surface area contributed by atoms with E-state index in [0.29, 0.717) is 0 Å². The predicted octanol–water partition coefficient (Wildman–Crippen LogP) is 2.92. The largest absolute Gasteiger partial charge is 0.461 e. The second kappa shape index (κ2) is 4.17. The zero-order chi connectivity index (χ0) is 11.8. The first-order chi connectivity index (χ1) is 8.27. The maximum absolute atomic E-state index is 6.16. The molecule has 0 spiro atoms. The first-order valence-corrected chi connectivity index (χ1v) is 6.12. The van der Waals surface area contributed by atoms with Crippen molar-refractivity contribution in [2.45, 2.75) is 31.9 Å². The summed E-state index contributed by atoms with van der Waals surface area (Å²) >= 11 is 0. The van der Waals surface area contributed by atoms with E-state index >= 15 is 0 Å². The molecule has 0 aliphatic carbocycles. The molecule has 0 bridgehead atoms. The van der Waals surface area contributed by atoms with E-state index in [4.69, 9.17) is 14.9 Å². The minimum absolute atomic E-state index is 0.0209. The highest BCUT2D eigenvalue weighted by atomic mass is 16.5. The van der Waals surface area contributed by atoms with Crippen LogP contribution in [0.1, 0.15) is 30.3 Å².